The number of aliphatic hydroxyl groups excluding tert-OH is 2. The van der Waals surface area contributed by atoms with Crippen molar-refractivity contribution in [1.29, 1.82) is 0 Å². The van der Waals surface area contributed by atoms with E-state index in [9.17, 15) is 10.2 Å². The Kier molecular flexibility index (Phi) is 3.89. The minimum absolute atomic E-state index is 0.129. The van der Waals surface area contributed by atoms with Gasteiger partial charge in [-0.3, -0.25) is 0 Å². The zero-order valence-corrected chi connectivity index (χ0v) is 15.3. The monoisotopic (exact) mass is 320 g/mol. The first-order valence-corrected chi connectivity index (χ1v) is 10.3. The highest BCUT2D eigenvalue weighted by molar-refractivity contribution is 5.11. The lowest BCUT2D eigenvalue weighted by atomic mass is 9.42. The summed E-state index contributed by atoms with van der Waals surface area (Å²) in [5.74, 6) is 2.89. The van der Waals surface area contributed by atoms with Crippen LogP contribution in [0, 0.1) is 40.4 Å². The lowest BCUT2D eigenvalue weighted by Gasteiger charge is -2.64. The minimum atomic E-state index is -0.133. The Morgan fingerprint density at radius 3 is 2.43 bits per heavy atom. The van der Waals surface area contributed by atoms with E-state index in [4.69, 9.17) is 0 Å². The van der Waals surface area contributed by atoms with Gasteiger partial charge in [-0.1, -0.05) is 33.6 Å². The van der Waals surface area contributed by atoms with E-state index in [-0.39, 0.29) is 12.2 Å². The lowest BCUT2D eigenvalue weighted by Crippen LogP contribution is -2.61. The first-order chi connectivity index (χ1) is 10.9. The van der Waals surface area contributed by atoms with Crippen molar-refractivity contribution in [2.45, 2.75) is 90.8 Å². The molecule has 4 aliphatic carbocycles. The molecule has 9 atom stereocenters. The molecule has 0 spiro atoms. The molecule has 0 radical (unpaired) electrons. The maximum atomic E-state index is 11.4. The molecule has 23 heavy (non-hydrogen) atoms. The predicted molar refractivity (Wildman–Crippen MR) is 92.9 cm³/mol. The average molecular weight is 321 g/mol. The minimum Gasteiger partial charge on any atom is -0.393 e. The molecule has 0 heterocycles. The third kappa shape index (κ3) is 2.20. The van der Waals surface area contributed by atoms with Crippen molar-refractivity contribution in [1.82, 2.24) is 0 Å². The van der Waals surface area contributed by atoms with Crippen molar-refractivity contribution >= 4 is 0 Å². The van der Waals surface area contributed by atoms with Crippen LogP contribution >= 0.6 is 0 Å². The van der Waals surface area contributed by atoms with Crippen LogP contribution in [0.2, 0.25) is 0 Å². The second-order valence-electron chi connectivity index (χ2n) is 9.98. The summed E-state index contributed by atoms with van der Waals surface area (Å²) in [6.45, 7) is 7.28. The van der Waals surface area contributed by atoms with E-state index in [2.05, 4.69) is 20.8 Å². The smallest absolute Gasteiger partial charge is 0.0605 e. The van der Waals surface area contributed by atoms with Crippen LogP contribution in [-0.2, 0) is 0 Å². The van der Waals surface area contributed by atoms with Gasteiger partial charge < -0.3 is 10.2 Å². The summed E-state index contributed by atoms with van der Waals surface area (Å²) in [5, 5.41) is 21.7. The Morgan fingerprint density at radius 2 is 1.70 bits per heavy atom. The molecule has 2 heteroatoms. The Hall–Kier alpha value is -0.0800. The van der Waals surface area contributed by atoms with Gasteiger partial charge in [-0.25, -0.2) is 0 Å². The standard InChI is InChI=1S/C21H36O2/c1-4-14-17-12-13(22)7-11-21(17,3)16-8-10-20(2)9-5-6-15(20)18(16)19(14)23/h13-19,22-23H,4-12H2,1-3H3/t13-,14-,15+,16+,17?,18?,19-,20?,21?/m1/s1. The predicted octanol–water partition coefficient (Wildman–Crippen LogP) is 4.39. The summed E-state index contributed by atoms with van der Waals surface area (Å²) < 4.78 is 0. The molecule has 4 aliphatic rings. The molecule has 4 fully saturated rings. The largest absolute Gasteiger partial charge is 0.393 e. The molecule has 4 unspecified atom stereocenters. The van der Waals surface area contributed by atoms with Gasteiger partial charge in [0, 0.05) is 0 Å². The number of fused-ring (bicyclic) bond motifs is 5. The second-order valence-corrected chi connectivity index (χ2v) is 9.98. The topological polar surface area (TPSA) is 40.5 Å². The summed E-state index contributed by atoms with van der Waals surface area (Å²) in [6, 6.07) is 0. The summed E-state index contributed by atoms with van der Waals surface area (Å²) >= 11 is 0. The molecular formula is C21H36O2. The first kappa shape index (κ1) is 16.4. The van der Waals surface area contributed by atoms with E-state index in [1.54, 1.807) is 0 Å². The van der Waals surface area contributed by atoms with Gasteiger partial charge in [0.15, 0.2) is 0 Å². The van der Waals surface area contributed by atoms with Crippen LogP contribution in [0.5, 0.6) is 0 Å². The van der Waals surface area contributed by atoms with Crippen LogP contribution in [0.1, 0.15) is 78.6 Å². The average Bonchev–Trinajstić information content (AvgIpc) is 2.91. The van der Waals surface area contributed by atoms with Crippen LogP contribution in [0.4, 0.5) is 0 Å². The summed E-state index contributed by atoms with van der Waals surface area (Å²) in [7, 11) is 0. The van der Waals surface area contributed by atoms with Crippen molar-refractivity contribution in [3.8, 4) is 0 Å². The van der Waals surface area contributed by atoms with Gasteiger partial charge in [0.2, 0.25) is 0 Å². The summed E-state index contributed by atoms with van der Waals surface area (Å²) in [6.07, 6.45) is 10.7. The zero-order chi connectivity index (χ0) is 16.4. The van der Waals surface area contributed by atoms with Crippen LogP contribution in [0.3, 0.4) is 0 Å². The van der Waals surface area contributed by atoms with Crippen molar-refractivity contribution in [2.75, 3.05) is 0 Å². The fraction of sp³-hybridized carbons (Fsp3) is 1.00. The molecule has 4 rings (SSSR count). The van der Waals surface area contributed by atoms with E-state index in [1.807, 2.05) is 0 Å². The molecule has 0 saturated heterocycles. The molecule has 0 aromatic carbocycles. The van der Waals surface area contributed by atoms with Crippen molar-refractivity contribution in [3.05, 3.63) is 0 Å². The summed E-state index contributed by atoms with van der Waals surface area (Å²) in [5.41, 5.74) is 0.853. The number of rotatable bonds is 1. The van der Waals surface area contributed by atoms with Gasteiger partial charge in [-0.2, -0.15) is 0 Å². The fourth-order valence-corrected chi connectivity index (χ4v) is 7.95. The molecule has 0 amide bonds. The second kappa shape index (κ2) is 5.46. The van der Waals surface area contributed by atoms with Gasteiger partial charge in [0.05, 0.1) is 12.2 Å². The Labute approximate surface area is 142 Å². The van der Waals surface area contributed by atoms with Gasteiger partial charge in [-0.05, 0) is 85.4 Å². The van der Waals surface area contributed by atoms with Crippen LogP contribution in [0.25, 0.3) is 0 Å². The molecule has 4 saturated carbocycles. The Bertz CT molecular complexity index is 463. The molecule has 0 aromatic heterocycles. The van der Waals surface area contributed by atoms with Gasteiger partial charge in [0.25, 0.3) is 0 Å². The van der Waals surface area contributed by atoms with Gasteiger partial charge >= 0.3 is 0 Å². The molecule has 132 valence electrons. The maximum Gasteiger partial charge on any atom is 0.0605 e. The highest BCUT2D eigenvalue weighted by atomic mass is 16.3. The summed E-state index contributed by atoms with van der Waals surface area (Å²) in [4.78, 5) is 0. The molecule has 2 nitrogen and oxygen atoms in total. The van der Waals surface area contributed by atoms with Gasteiger partial charge in [0.1, 0.15) is 0 Å². The van der Waals surface area contributed by atoms with E-state index in [1.165, 1.54) is 38.5 Å². The van der Waals surface area contributed by atoms with Crippen LogP contribution < -0.4 is 0 Å². The highest BCUT2D eigenvalue weighted by Crippen LogP contribution is 2.67. The number of hydrogen-bond donors (Lipinski definition) is 2. The van der Waals surface area contributed by atoms with Gasteiger partial charge in [-0.15, -0.1) is 0 Å². The maximum absolute atomic E-state index is 11.4. The van der Waals surface area contributed by atoms with Crippen LogP contribution in [-0.4, -0.2) is 22.4 Å². The van der Waals surface area contributed by atoms with Crippen molar-refractivity contribution in [2.24, 2.45) is 40.4 Å². The third-order valence-corrected chi connectivity index (χ3v) is 9.17. The first-order valence-electron chi connectivity index (χ1n) is 10.3. The Morgan fingerprint density at radius 1 is 0.913 bits per heavy atom. The van der Waals surface area contributed by atoms with Crippen LogP contribution in [0.15, 0.2) is 0 Å². The molecule has 2 N–H and O–H groups in total. The molecule has 0 aromatic rings. The van der Waals surface area contributed by atoms with Crippen molar-refractivity contribution < 1.29 is 10.2 Å². The number of aliphatic hydroxyl groups is 2. The Balaban J connectivity index is 1.73. The zero-order valence-electron chi connectivity index (χ0n) is 15.3. The van der Waals surface area contributed by atoms with Crippen molar-refractivity contribution in [3.63, 3.8) is 0 Å². The number of hydrogen-bond acceptors (Lipinski definition) is 2. The normalized spacial score (nSPS) is 59.1. The molecule has 0 aliphatic heterocycles. The molecule has 0 bridgehead atoms. The van der Waals surface area contributed by atoms with E-state index < -0.39 is 0 Å². The lowest BCUT2D eigenvalue weighted by molar-refractivity contribution is -0.198. The SMILES string of the molecule is CC[C@@H]1C2C[C@H](O)CCC2(C)[C@H]2CCC3(C)CCC[C@H]3C2[C@@H]1O. The molecular weight excluding hydrogens is 284 g/mol. The quantitative estimate of drug-likeness (QED) is 0.752. The third-order valence-electron chi connectivity index (χ3n) is 9.17. The van der Waals surface area contributed by atoms with E-state index in [0.717, 1.165) is 25.2 Å². The van der Waals surface area contributed by atoms with E-state index in [0.29, 0.717) is 34.5 Å². The highest BCUT2D eigenvalue weighted by Gasteiger charge is 2.62. The van der Waals surface area contributed by atoms with E-state index >= 15 is 0 Å². The fourth-order valence-electron chi connectivity index (χ4n) is 7.95.